The molecule has 2 aromatic carbocycles. The Morgan fingerprint density at radius 3 is 1.43 bits per heavy atom. The van der Waals surface area contributed by atoms with Crippen LogP contribution in [0.15, 0.2) is 94.8 Å². The second-order valence-electron chi connectivity index (χ2n) is 8.66. The van der Waals surface area contributed by atoms with Crippen molar-refractivity contribution >= 4 is 0 Å². The van der Waals surface area contributed by atoms with Crippen molar-refractivity contribution in [3.63, 3.8) is 0 Å². The van der Waals surface area contributed by atoms with E-state index in [4.69, 9.17) is 0 Å². The fraction of sp³-hybridized carbons (Fsp3) is 0.179. The topological polar surface area (TPSA) is 66.8 Å². The summed E-state index contributed by atoms with van der Waals surface area (Å²) in [5.74, 6) is -0.551. The summed E-state index contributed by atoms with van der Waals surface area (Å²) in [6.45, 7) is 3.86. The fourth-order valence-electron chi connectivity index (χ4n) is 4.88. The molecule has 5 aromatic rings. The SMILES string of the molecule is Cc1c(C(c2ccncc2)c2c(C)n(C)n(-c3ccccc3)c2=O)c(=O)n(-c2ccccc2)n1C. The third kappa shape index (κ3) is 3.56. The third-order valence-corrected chi connectivity index (χ3v) is 6.81. The minimum Gasteiger partial charge on any atom is -0.285 e. The highest BCUT2D eigenvalue weighted by atomic mass is 16.1. The summed E-state index contributed by atoms with van der Waals surface area (Å²) in [6.07, 6.45) is 3.40. The second-order valence-corrected chi connectivity index (χ2v) is 8.66. The number of aromatic nitrogens is 5. The van der Waals surface area contributed by atoms with Crippen molar-refractivity contribution in [3.05, 3.63) is 134 Å². The maximum Gasteiger partial charge on any atom is 0.275 e. The lowest BCUT2D eigenvalue weighted by atomic mass is 9.85. The second kappa shape index (κ2) is 8.76. The first kappa shape index (κ1) is 22.4. The van der Waals surface area contributed by atoms with Gasteiger partial charge >= 0.3 is 0 Å². The number of rotatable bonds is 5. The van der Waals surface area contributed by atoms with Crippen LogP contribution >= 0.6 is 0 Å². The Morgan fingerprint density at radius 1 is 0.629 bits per heavy atom. The molecule has 0 atom stereocenters. The maximum absolute atomic E-state index is 14.0. The zero-order chi connectivity index (χ0) is 24.7. The zero-order valence-electron chi connectivity index (χ0n) is 20.2. The minimum absolute atomic E-state index is 0.146. The number of benzene rings is 2. The summed E-state index contributed by atoms with van der Waals surface area (Å²) in [4.78, 5) is 32.2. The Morgan fingerprint density at radius 2 is 1.03 bits per heavy atom. The van der Waals surface area contributed by atoms with Gasteiger partial charge < -0.3 is 0 Å². The summed E-state index contributed by atoms with van der Waals surface area (Å²) in [5.41, 5.74) is 4.85. The van der Waals surface area contributed by atoms with E-state index < -0.39 is 5.92 Å². The van der Waals surface area contributed by atoms with Crippen molar-refractivity contribution in [2.75, 3.05) is 0 Å². The van der Waals surface area contributed by atoms with Crippen molar-refractivity contribution in [2.24, 2.45) is 14.1 Å². The first-order chi connectivity index (χ1) is 16.9. The molecular weight excluding hydrogens is 438 g/mol. The van der Waals surface area contributed by atoms with E-state index in [9.17, 15) is 9.59 Å². The standard InChI is InChI=1S/C28H27N5O2/c1-19-24(27(34)32(30(19)3)22-11-7-5-8-12-22)26(21-15-17-29-18-16-21)25-20(2)31(4)33(28(25)35)23-13-9-6-10-14-23/h5-18,26H,1-4H3. The molecule has 3 aromatic heterocycles. The molecule has 0 bridgehead atoms. The maximum atomic E-state index is 14.0. The number of pyridine rings is 1. The Balaban J connectivity index is 1.83. The smallest absolute Gasteiger partial charge is 0.275 e. The first-order valence-corrected chi connectivity index (χ1v) is 11.5. The van der Waals surface area contributed by atoms with Gasteiger partial charge in [-0.2, -0.15) is 0 Å². The van der Waals surface area contributed by atoms with Gasteiger partial charge in [0.1, 0.15) is 0 Å². The third-order valence-electron chi connectivity index (χ3n) is 6.81. The molecule has 176 valence electrons. The van der Waals surface area contributed by atoms with Crippen molar-refractivity contribution in [1.82, 2.24) is 23.7 Å². The molecule has 5 rings (SSSR count). The molecule has 0 saturated carbocycles. The van der Waals surface area contributed by atoms with E-state index in [2.05, 4.69) is 4.98 Å². The van der Waals surface area contributed by atoms with Gasteiger partial charge in [0.2, 0.25) is 0 Å². The van der Waals surface area contributed by atoms with Crippen molar-refractivity contribution < 1.29 is 0 Å². The van der Waals surface area contributed by atoms with Gasteiger partial charge in [0, 0.05) is 43.8 Å². The van der Waals surface area contributed by atoms with Gasteiger partial charge in [-0.3, -0.25) is 23.9 Å². The van der Waals surface area contributed by atoms with E-state index in [1.165, 1.54) is 0 Å². The highest BCUT2D eigenvalue weighted by Gasteiger charge is 2.32. The molecule has 7 nitrogen and oxygen atoms in total. The average molecular weight is 466 g/mol. The molecule has 0 N–H and O–H groups in total. The monoisotopic (exact) mass is 465 g/mol. The molecule has 0 saturated heterocycles. The van der Waals surface area contributed by atoms with Crippen molar-refractivity contribution in [2.45, 2.75) is 19.8 Å². The highest BCUT2D eigenvalue weighted by molar-refractivity contribution is 5.47. The summed E-state index contributed by atoms with van der Waals surface area (Å²) in [6, 6.07) is 22.8. The van der Waals surface area contributed by atoms with Gasteiger partial charge in [-0.15, -0.1) is 0 Å². The summed E-state index contributed by atoms with van der Waals surface area (Å²) in [7, 11) is 3.74. The van der Waals surface area contributed by atoms with Crippen LogP contribution in [-0.2, 0) is 14.1 Å². The molecular formula is C28H27N5O2. The Bertz CT molecular complexity index is 1500. The molecule has 0 amide bonds. The van der Waals surface area contributed by atoms with Crippen LogP contribution in [0.1, 0.15) is 34.0 Å². The normalized spacial score (nSPS) is 11.3. The quantitative estimate of drug-likeness (QED) is 0.396. The molecule has 35 heavy (non-hydrogen) atoms. The average Bonchev–Trinajstić information content (AvgIpc) is 3.24. The van der Waals surface area contributed by atoms with Crippen LogP contribution in [0.5, 0.6) is 0 Å². The van der Waals surface area contributed by atoms with Gasteiger partial charge in [-0.05, 0) is 55.8 Å². The van der Waals surface area contributed by atoms with Gasteiger partial charge in [0.25, 0.3) is 11.1 Å². The lowest BCUT2D eigenvalue weighted by Crippen LogP contribution is -2.26. The summed E-state index contributed by atoms with van der Waals surface area (Å²) < 4.78 is 7.03. The van der Waals surface area contributed by atoms with Crippen LogP contribution in [0.3, 0.4) is 0 Å². The first-order valence-electron chi connectivity index (χ1n) is 11.5. The minimum atomic E-state index is -0.551. The number of nitrogens with zero attached hydrogens (tertiary/aromatic N) is 5. The van der Waals surface area contributed by atoms with Crippen LogP contribution in [0, 0.1) is 13.8 Å². The number of para-hydroxylation sites is 2. The number of hydrogen-bond acceptors (Lipinski definition) is 3. The number of hydrogen-bond donors (Lipinski definition) is 0. The predicted molar refractivity (Wildman–Crippen MR) is 137 cm³/mol. The van der Waals surface area contributed by atoms with Gasteiger partial charge in [0.05, 0.1) is 22.5 Å². The molecule has 0 aliphatic heterocycles. The van der Waals surface area contributed by atoms with E-state index in [1.54, 1.807) is 21.8 Å². The molecule has 0 spiro atoms. The van der Waals surface area contributed by atoms with Gasteiger partial charge in [-0.25, -0.2) is 9.36 Å². The lowest BCUT2D eigenvalue weighted by molar-refractivity contribution is 0.630. The predicted octanol–water partition coefficient (Wildman–Crippen LogP) is 3.86. The van der Waals surface area contributed by atoms with E-state index in [0.29, 0.717) is 11.1 Å². The highest BCUT2D eigenvalue weighted by Crippen LogP contribution is 2.33. The zero-order valence-corrected chi connectivity index (χ0v) is 20.2. The Kier molecular flexibility index (Phi) is 5.61. The van der Waals surface area contributed by atoms with Crippen LogP contribution < -0.4 is 11.1 Å². The Labute approximate surface area is 203 Å². The fourth-order valence-corrected chi connectivity index (χ4v) is 4.88. The molecule has 7 heteroatoms. The largest absolute Gasteiger partial charge is 0.285 e. The van der Waals surface area contributed by atoms with Crippen molar-refractivity contribution in [3.8, 4) is 11.4 Å². The van der Waals surface area contributed by atoms with E-state index >= 15 is 0 Å². The lowest BCUT2D eigenvalue weighted by Gasteiger charge is -2.16. The van der Waals surface area contributed by atoms with Crippen LogP contribution in [0.25, 0.3) is 11.4 Å². The van der Waals surface area contributed by atoms with E-state index in [1.807, 2.05) is 110 Å². The molecule has 0 unspecified atom stereocenters. The van der Waals surface area contributed by atoms with Gasteiger partial charge in [0.15, 0.2) is 0 Å². The van der Waals surface area contributed by atoms with E-state index in [-0.39, 0.29) is 11.1 Å². The molecule has 0 fully saturated rings. The van der Waals surface area contributed by atoms with Crippen LogP contribution in [0.2, 0.25) is 0 Å². The van der Waals surface area contributed by atoms with Gasteiger partial charge in [-0.1, -0.05) is 36.4 Å². The Hall–Kier alpha value is -4.39. The summed E-state index contributed by atoms with van der Waals surface area (Å²) in [5, 5.41) is 0. The molecule has 0 aliphatic rings. The van der Waals surface area contributed by atoms with Crippen LogP contribution in [0.4, 0.5) is 0 Å². The van der Waals surface area contributed by atoms with Crippen molar-refractivity contribution in [1.29, 1.82) is 0 Å². The van der Waals surface area contributed by atoms with E-state index in [0.717, 1.165) is 28.3 Å². The molecule has 3 heterocycles. The summed E-state index contributed by atoms with van der Waals surface area (Å²) >= 11 is 0. The molecule has 0 aliphatic carbocycles. The molecule has 0 radical (unpaired) electrons. The van der Waals surface area contributed by atoms with Crippen LogP contribution in [-0.4, -0.2) is 23.7 Å².